The topological polar surface area (TPSA) is 89.5 Å². The summed E-state index contributed by atoms with van der Waals surface area (Å²) in [5.41, 5.74) is 6.03. The molecule has 0 heterocycles. The average molecular weight is 293 g/mol. The quantitative estimate of drug-likeness (QED) is 0.430. The average Bonchev–Trinajstić information content (AvgIpc) is 2.47. The Labute approximate surface area is 125 Å². The molecule has 0 atom stereocenters. The molecule has 1 rings (SSSR count). The maximum Gasteiger partial charge on any atom is 0.274 e. The van der Waals surface area contributed by atoms with Crippen LogP contribution < -0.4 is 5.73 Å². The zero-order valence-electron chi connectivity index (χ0n) is 12.5. The third-order valence-corrected chi connectivity index (χ3v) is 3.37. The van der Waals surface area contributed by atoms with Gasteiger partial charge < -0.3 is 10.6 Å². The summed E-state index contributed by atoms with van der Waals surface area (Å²) in [5, 5.41) is 10.9. The highest BCUT2D eigenvalue weighted by Gasteiger charge is 2.16. The van der Waals surface area contributed by atoms with Gasteiger partial charge in [0.25, 0.3) is 5.69 Å². The number of unbranched alkanes of at least 4 members (excludes halogenated alkanes) is 3. The van der Waals surface area contributed by atoms with Gasteiger partial charge in [0.05, 0.1) is 11.5 Å². The molecule has 1 amide bonds. The molecule has 1 aromatic carbocycles. The first-order valence-corrected chi connectivity index (χ1v) is 7.22. The Morgan fingerprint density at radius 3 is 2.57 bits per heavy atom. The number of carbonyl (C=O) groups excluding carboxylic acids is 1. The summed E-state index contributed by atoms with van der Waals surface area (Å²) in [6.45, 7) is 0.949. The van der Waals surface area contributed by atoms with Crippen LogP contribution in [0.3, 0.4) is 0 Å². The van der Waals surface area contributed by atoms with Crippen LogP contribution >= 0.6 is 0 Å². The summed E-state index contributed by atoms with van der Waals surface area (Å²) in [7, 11) is 1.68. The Bertz CT molecular complexity index is 477. The number of hydrogen-bond donors (Lipinski definition) is 1. The molecule has 0 aliphatic carbocycles. The third-order valence-electron chi connectivity index (χ3n) is 3.37. The zero-order valence-corrected chi connectivity index (χ0v) is 12.5. The molecule has 0 bridgehead atoms. The lowest BCUT2D eigenvalue weighted by molar-refractivity contribution is -0.385. The summed E-state index contributed by atoms with van der Waals surface area (Å²) in [6.07, 6.45) is 4.32. The first-order valence-electron chi connectivity index (χ1n) is 7.22. The van der Waals surface area contributed by atoms with Crippen LogP contribution in [0, 0.1) is 10.1 Å². The van der Waals surface area contributed by atoms with Gasteiger partial charge >= 0.3 is 0 Å². The van der Waals surface area contributed by atoms with Crippen molar-refractivity contribution in [3.63, 3.8) is 0 Å². The smallest absolute Gasteiger partial charge is 0.274 e. The number of rotatable bonds is 9. The van der Waals surface area contributed by atoms with Crippen LogP contribution in [-0.2, 0) is 11.3 Å². The Morgan fingerprint density at radius 1 is 1.24 bits per heavy atom. The fourth-order valence-electron chi connectivity index (χ4n) is 2.13. The first-order chi connectivity index (χ1) is 10.1. The van der Waals surface area contributed by atoms with Crippen LogP contribution in [0.2, 0.25) is 0 Å². The summed E-state index contributed by atoms with van der Waals surface area (Å²) in [6, 6.07) is 6.51. The number of nitro benzene ring substituents is 1. The minimum absolute atomic E-state index is 0.0147. The second-order valence-electron chi connectivity index (χ2n) is 5.09. The number of amides is 1. The molecule has 0 aromatic heterocycles. The van der Waals surface area contributed by atoms with Crippen LogP contribution in [0.1, 0.15) is 37.7 Å². The zero-order chi connectivity index (χ0) is 15.7. The van der Waals surface area contributed by atoms with Crippen LogP contribution in [0.5, 0.6) is 0 Å². The van der Waals surface area contributed by atoms with Crippen molar-refractivity contribution < 1.29 is 9.72 Å². The first kappa shape index (κ1) is 17.1. The van der Waals surface area contributed by atoms with E-state index in [0.717, 1.165) is 25.7 Å². The Morgan fingerprint density at radius 2 is 1.90 bits per heavy atom. The van der Waals surface area contributed by atoms with E-state index in [4.69, 9.17) is 5.73 Å². The van der Waals surface area contributed by atoms with Gasteiger partial charge in [-0.1, -0.05) is 31.0 Å². The molecule has 0 spiro atoms. The monoisotopic (exact) mass is 293 g/mol. The van der Waals surface area contributed by atoms with E-state index in [-0.39, 0.29) is 18.1 Å². The molecule has 0 unspecified atom stereocenters. The highest BCUT2D eigenvalue weighted by Crippen LogP contribution is 2.19. The number of nitrogens with zero attached hydrogens (tertiary/aromatic N) is 2. The van der Waals surface area contributed by atoms with Crippen molar-refractivity contribution in [1.82, 2.24) is 4.90 Å². The lowest BCUT2D eigenvalue weighted by Crippen LogP contribution is -2.26. The van der Waals surface area contributed by atoms with Gasteiger partial charge in [0, 0.05) is 25.1 Å². The van der Waals surface area contributed by atoms with Crippen molar-refractivity contribution >= 4 is 11.6 Å². The molecule has 0 fully saturated rings. The summed E-state index contributed by atoms with van der Waals surface area (Å²) < 4.78 is 0. The molecule has 0 aliphatic rings. The van der Waals surface area contributed by atoms with Crippen molar-refractivity contribution in [3.8, 4) is 0 Å². The highest BCUT2D eigenvalue weighted by atomic mass is 16.6. The number of nitro groups is 1. The number of benzene rings is 1. The van der Waals surface area contributed by atoms with Crippen LogP contribution in [-0.4, -0.2) is 29.3 Å². The normalized spacial score (nSPS) is 10.4. The van der Waals surface area contributed by atoms with Gasteiger partial charge in [-0.25, -0.2) is 0 Å². The molecule has 0 saturated heterocycles. The molecule has 2 N–H and O–H groups in total. The van der Waals surface area contributed by atoms with Gasteiger partial charge in [0.2, 0.25) is 5.91 Å². The minimum Gasteiger partial charge on any atom is -0.341 e. The van der Waals surface area contributed by atoms with Crippen molar-refractivity contribution in [2.75, 3.05) is 13.6 Å². The predicted octanol–water partition coefficient (Wildman–Crippen LogP) is 2.46. The molecule has 0 aliphatic heterocycles. The standard InChI is InChI=1S/C15H23N3O3/c1-17(15(19)10-4-2-3-7-11-16)12-13-8-5-6-9-14(13)18(20)21/h5-6,8-9H,2-4,7,10-12,16H2,1H3. The fraction of sp³-hybridized carbons (Fsp3) is 0.533. The van der Waals surface area contributed by atoms with E-state index in [9.17, 15) is 14.9 Å². The SMILES string of the molecule is CN(Cc1ccccc1[N+](=O)[O-])C(=O)CCCCCCN. The molecule has 6 nitrogen and oxygen atoms in total. The molecule has 0 radical (unpaired) electrons. The number of para-hydroxylation sites is 1. The molecule has 21 heavy (non-hydrogen) atoms. The van der Waals surface area contributed by atoms with E-state index in [0.29, 0.717) is 18.5 Å². The van der Waals surface area contributed by atoms with E-state index in [1.807, 2.05) is 0 Å². The van der Waals surface area contributed by atoms with E-state index < -0.39 is 4.92 Å². The van der Waals surface area contributed by atoms with Gasteiger partial charge in [-0.15, -0.1) is 0 Å². The van der Waals surface area contributed by atoms with Crippen LogP contribution in [0.4, 0.5) is 5.69 Å². The van der Waals surface area contributed by atoms with Crippen LogP contribution in [0.25, 0.3) is 0 Å². The van der Waals surface area contributed by atoms with Gasteiger partial charge in [0.1, 0.15) is 0 Å². The maximum atomic E-state index is 12.0. The summed E-state index contributed by atoms with van der Waals surface area (Å²) >= 11 is 0. The van der Waals surface area contributed by atoms with Crippen molar-refractivity contribution in [2.24, 2.45) is 5.73 Å². The summed E-state index contributed by atoms with van der Waals surface area (Å²) in [5.74, 6) is 0.0147. The summed E-state index contributed by atoms with van der Waals surface area (Å²) in [4.78, 5) is 24.1. The molecule has 116 valence electrons. The van der Waals surface area contributed by atoms with Crippen LogP contribution in [0.15, 0.2) is 24.3 Å². The molecule has 1 aromatic rings. The minimum atomic E-state index is -0.416. The second kappa shape index (κ2) is 9.07. The third kappa shape index (κ3) is 5.91. The fourth-order valence-corrected chi connectivity index (χ4v) is 2.13. The molecular weight excluding hydrogens is 270 g/mol. The van der Waals surface area contributed by atoms with E-state index in [1.54, 1.807) is 30.1 Å². The van der Waals surface area contributed by atoms with Gasteiger partial charge in [-0.05, 0) is 19.4 Å². The lowest BCUT2D eigenvalue weighted by Gasteiger charge is -2.17. The number of nitrogens with two attached hydrogens (primary N) is 1. The molecule has 6 heteroatoms. The maximum absolute atomic E-state index is 12.0. The molecule has 0 saturated carbocycles. The number of hydrogen-bond acceptors (Lipinski definition) is 4. The van der Waals surface area contributed by atoms with Gasteiger partial charge in [-0.3, -0.25) is 14.9 Å². The van der Waals surface area contributed by atoms with E-state index >= 15 is 0 Å². The van der Waals surface area contributed by atoms with Crippen molar-refractivity contribution in [3.05, 3.63) is 39.9 Å². The Kier molecular flexibility index (Phi) is 7.39. The highest BCUT2D eigenvalue weighted by molar-refractivity contribution is 5.75. The van der Waals surface area contributed by atoms with Crippen molar-refractivity contribution in [2.45, 2.75) is 38.6 Å². The second-order valence-corrected chi connectivity index (χ2v) is 5.09. The van der Waals surface area contributed by atoms with Gasteiger partial charge in [-0.2, -0.15) is 0 Å². The number of carbonyl (C=O) groups is 1. The Hall–Kier alpha value is -1.95. The molecular formula is C15H23N3O3. The predicted molar refractivity (Wildman–Crippen MR) is 81.7 cm³/mol. The van der Waals surface area contributed by atoms with Crippen molar-refractivity contribution in [1.29, 1.82) is 0 Å². The van der Waals surface area contributed by atoms with E-state index in [2.05, 4.69) is 0 Å². The van der Waals surface area contributed by atoms with E-state index in [1.165, 1.54) is 6.07 Å². The lowest BCUT2D eigenvalue weighted by atomic mass is 10.1. The Balaban J connectivity index is 2.47. The van der Waals surface area contributed by atoms with Gasteiger partial charge in [0.15, 0.2) is 0 Å². The largest absolute Gasteiger partial charge is 0.341 e.